The second kappa shape index (κ2) is 4.47. The zero-order valence-corrected chi connectivity index (χ0v) is 8.23. The Morgan fingerprint density at radius 2 is 2.00 bits per heavy atom. The van der Waals surface area contributed by atoms with E-state index in [1.807, 2.05) is 30.3 Å². The molecule has 14 heavy (non-hydrogen) atoms. The number of aliphatic hydroxyl groups excluding tert-OH is 1. The van der Waals surface area contributed by atoms with Crippen molar-refractivity contribution >= 4 is 0 Å². The number of hydrogen-bond acceptors (Lipinski definition) is 2. The highest BCUT2D eigenvalue weighted by Crippen LogP contribution is 2.26. The molecule has 1 N–H and O–H groups in total. The fourth-order valence-corrected chi connectivity index (χ4v) is 1.93. The third-order valence-electron chi connectivity index (χ3n) is 2.74. The van der Waals surface area contributed by atoms with Crippen LogP contribution in [0, 0.1) is 5.92 Å². The first-order valence-electron chi connectivity index (χ1n) is 5.20. The van der Waals surface area contributed by atoms with E-state index in [2.05, 4.69) is 0 Å². The fraction of sp³-hybridized carbons (Fsp3) is 0.500. The van der Waals surface area contributed by atoms with Crippen molar-refractivity contribution in [2.45, 2.75) is 25.4 Å². The van der Waals surface area contributed by atoms with Crippen molar-refractivity contribution in [2.24, 2.45) is 5.92 Å². The number of aliphatic hydroxyl groups is 1. The van der Waals surface area contributed by atoms with Gasteiger partial charge in [-0.25, -0.2) is 0 Å². The molecule has 2 atom stereocenters. The Kier molecular flexibility index (Phi) is 3.04. The topological polar surface area (TPSA) is 29.5 Å². The van der Waals surface area contributed by atoms with Crippen LogP contribution in [0.1, 0.15) is 19.3 Å². The molecule has 1 aromatic carbocycles. The minimum atomic E-state index is -0.0978. The zero-order valence-electron chi connectivity index (χ0n) is 8.23. The molecular weight excluding hydrogens is 176 g/mol. The van der Waals surface area contributed by atoms with Crippen LogP contribution in [0.4, 0.5) is 0 Å². The summed E-state index contributed by atoms with van der Waals surface area (Å²) >= 11 is 0. The van der Waals surface area contributed by atoms with Crippen LogP contribution in [-0.2, 0) is 0 Å². The van der Waals surface area contributed by atoms with Crippen LogP contribution in [0.15, 0.2) is 30.3 Å². The average molecular weight is 192 g/mol. The van der Waals surface area contributed by atoms with Gasteiger partial charge < -0.3 is 9.84 Å². The average Bonchev–Trinajstić information content (AvgIpc) is 2.63. The molecule has 0 spiro atoms. The highest BCUT2D eigenvalue weighted by Gasteiger charge is 2.22. The third kappa shape index (κ3) is 2.48. The summed E-state index contributed by atoms with van der Waals surface area (Å²) in [7, 11) is 0. The summed E-state index contributed by atoms with van der Waals surface area (Å²) in [6.45, 7) is 0.737. The standard InChI is InChI=1S/C12H16O2/c13-11-7-6-10(8-11)9-14-12-4-2-1-3-5-12/h1-5,10-11,13H,6-9H2. The molecule has 2 heteroatoms. The molecule has 1 fully saturated rings. The van der Waals surface area contributed by atoms with Crippen LogP contribution in [0.2, 0.25) is 0 Å². The van der Waals surface area contributed by atoms with Gasteiger partial charge in [-0.05, 0) is 37.3 Å². The highest BCUT2D eigenvalue weighted by atomic mass is 16.5. The Morgan fingerprint density at radius 1 is 1.21 bits per heavy atom. The van der Waals surface area contributed by atoms with Crippen LogP contribution >= 0.6 is 0 Å². The first kappa shape index (κ1) is 9.53. The second-order valence-electron chi connectivity index (χ2n) is 3.96. The quantitative estimate of drug-likeness (QED) is 0.795. The smallest absolute Gasteiger partial charge is 0.119 e. The summed E-state index contributed by atoms with van der Waals surface area (Å²) < 4.78 is 5.63. The van der Waals surface area contributed by atoms with Gasteiger partial charge >= 0.3 is 0 Å². The molecule has 0 aromatic heterocycles. The fourth-order valence-electron chi connectivity index (χ4n) is 1.93. The van der Waals surface area contributed by atoms with Gasteiger partial charge in [-0.15, -0.1) is 0 Å². The van der Waals surface area contributed by atoms with Crippen molar-refractivity contribution < 1.29 is 9.84 Å². The molecule has 76 valence electrons. The first-order valence-corrected chi connectivity index (χ1v) is 5.20. The van der Waals surface area contributed by atoms with E-state index in [1.54, 1.807) is 0 Å². The molecule has 1 aliphatic carbocycles. The number of ether oxygens (including phenoxy) is 1. The third-order valence-corrected chi connectivity index (χ3v) is 2.74. The van der Waals surface area contributed by atoms with Crippen LogP contribution < -0.4 is 4.74 Å². The number of para-hydroxylation sites is 1. The predicted molar refractivity (Wildman–Crippen MR) is 55.3 cm³/mol. The number of rotatable bonds is 3. The van der Waals surface area contributed by atoms with Crippen LogP contribution in [-0.4, -0.2) is 17.8 Å². The van der Waals surface area contributed by atoms with Gasteiger partial charge in [0.2, 0.25) is 0 Å². The lowest BCUT2D eigenvalue weighted by Gasteiger charge is -2.11. The SMILES string of the molecule is OC1CCC(COc2ccccc2)C1. The van der Waals surface area contributed by atoms with Crippen molar-refractivity contribution in [3.8, 4) is 5.75 Å². The van der Waals surface area contributed by atoms with Gasteiger partial charge in [0, 0.05) is 0 Å². The summed E-state index contributed by atoms with van der Waals surface area (Å²) in [5.41, 5.74) is 0. The van der Waals surface area contributed by atoms with Gasteiger partial charge in [-0.2, -0.15) is 0 Å². The Hall–Kier alpha value is -1.02. The number of benzene rings is 1. The molecule has 2 unspecified atom stereocenters. The van der Waals surface area contributed by atoms with E-state index in [4.69, 9.17) is 4.74 Å². The lowest BCUT2D eigenvalue weighted by molar-refractivity contribution is 0.167. The van der Waals surface area contributed by atoms with E-state index < -0.39 is 0 Å². The van der Waals surface area contributed by atoms with Crippen LogP contribution in [0.5, 0.6) is 5.75 Å². The van der Waals surface area contributed by atoms with Gasteiger partial charge in [0.25, 0.3) is 0 Å². The Labute approximate surface area is 84.5 Å². The van der Waals surface area contributed by atoms with E-state index >= 15 is 0 Å². The number of hydrogen-bond donors (Lipinski definition) is 1. The molecule has 0 heterocycles. The van der Waals surface area contributed by atoms with Gasteiger partial charge in [0.05, 0.1) is 12.7 Å². The maximum atomic E-state index is 9.34. The minimum Gasteiger partial charge on any atom is -0.493 e. The molecule has 2 rings (SSSR count). The molecule has 1 aliphatic rings. The van der Waals surface area contributed by atoms with Gasteiger partial charge in [0.1, 0.15) is 5.75 Å². The molecule has 0 amide bonds. The summed E-state index contributed by atoms with van der Waals surface area (Å²) in [6.07, 6.45) is 2.82. The molecule has 0 saturated heterocycles. The van der Waals surface area contributed by atoms with Gasteiger partial charge in [-0.1, -0.05) is 18.2 Å². The largest absolute Gasteiger partial charge is 0.493 e. The van der Waals surface area contributed by atoms with E-state index in [-0.39, 0.29) is 6.10 Å². The Bertz CT molecular complexity index is 271. The Morgan fingerprint density at radius 3 is 2.64 bits per heavy atom. The van der Waals surface area contributed by atoms with Crippen molar-refractivity contribution in [1.82, 2.24) is 0 Å². The normalized spacial score (nSPS) is 26.4. The molecule has 0 aliphatic heterocycles. The molecule has 1 saturated carbocycles. The lowest BCUT2D eigenvalue weighted by Crippen LogP contribution is -2.09. The summed E-state index contributed by atoms with van der Waals surface area (Å²) in [5, 5.41) is 9.34. The molecule has 1 aromatic rings. The monoisotopic (exact) mass is 192 g/mol. The van der Waals surface area contributed by atoms with Crippen LogP contribution in [0.3, 0.4) is 0 Å². The van der Waals surface area contributed by atoms with Crippen LogP contribution in [0.25, 0.3) is 0 Å². The molecule has 2 nitrogen and oxygen atoms in total. The Balaban J connectivity index is 1.78. The summed E-state index contributed by atoms with van der Waals surface area (Å²) in [5.74, 6) is 1.46. The maximum Gasteiger partial charge on any atom is 0.119 e. The van der Waals surface area contributed by atoms with Gasteiger partial charge in [0.15, 0.2) is 0 Å². The predicted octanol–water partition coefficient (Wildman–Crippen LogP) is 2.23. The molecule has 0 bridgehead atoms. The van der Waals surface area contributed by atoms with Crippen molar-refractivity contribution in [3.63, 3.8) is 0 Å². The minimum absolute atomic E-state index is 0.0978. The van der Waals surface area contributed by atoms with Crippen molar-refractivity contribution in [1.29, 1.82) is 0 Å². The van der Waals surface area contributed by atoms with E-state index in [0.717, 1.165) is 31.6 Å². The van der Waals surface area contributed by atoms with E-state index in [1.165, 1.54) is 0 Å². The maximum absolute atomic E-state index is 9.34. The van der Waals surface area contributed by atoms with Crippen molar-refractivity contribution in [2.75, 3.05) is 6.61 Å². The van der Waals surface area contributed by atoms with E-state index in [9.17, 15) is 5.11 Å². The zero-order chi connectivity index (χ0) is 9.80. The highest BCUT2D eigenvalue weighted by molar-refractivity contribution is 5.20. The van der Waals surface area contributed by atoms with E-state index in [0.29, 0.717) is 5.92 Å². The second-order valence-corrected chi connectivity index (χ2v) is 3.96. The van der Waals surface area contributed by atoms with Gasteiger partial charge in [-0.3, -0.25) is 0 Å². The summed E-state index contributed by atoms with van der Waals surface area (Å²) in [6, 6.07) is 9.85. The molecular formula is C12H16O2. The van der Waals surface area contributed by atoms with Crippen molar-refractivity contribution in [3.05, 3.63) is 30.3 Å². The lowest BCUT2D eigenvalue weighted by atomic mass is 10.1. The molecule has 0 radical (unpaired) electrons. The summed E-state index contributed by atoms with van der Waals surface area (Å²) in [4.78, 5) is 0. The first-order chi connectivity index (χ1) is 6.84.